The number of hydrogen-bond donors (Lipinski definition) is 1. The van der Waals surface area contributed by atoms with Crippen LogP contribution in [0, 0.1) is 0 Å². The van der Waals surface area contributed by atoms with Crippen LogP contribution < -0.4 is 5.32 Å². The fourth-order valence-corrected chi connectivity index (χ4v) is 4.57. The van der Waals surface area contributed by atoms with Crippen LogP contribution >= 0.6 is 11.8 Å². The van der Waals surface area contributed by atoms with Crippen LogP contribution in [0.25, 0.3) is 0 Å². The summed E-state index contributed by atoms with van der Waals surface area (Å²) in [5.74, 6) is 0.661. The molecule has 1 aromatic rings. The van der Waals surface area contributed by atoms with Crippen molar-refractivity contribution in [2.45, 2.75) is 39.1 Å². The van der Waals surface area contributed by atoms with Gasteiger partial charge in [-0.3, -0.25) is 14.5 Å². The second-order valence-corrected chi connectivity index (χ2v) is 9.02. The summed E-state index contributed by atoms with van der Waals surface area (Å²) < 4.78 is 11.0. The quantitative estimate of drug-likeness (QED) is 0.667. The van der Waals surface area contributed by atoms with Crippen molar-refractivity contribution in [3.63, 3.8) is 0 Å². The molecule has 0 radical (unpaired) electrons. The van der Waals surface area contributed by atoms with Gasteiger partial charge in [-0.2, -0.15) is 0 Å². The Morgan fingerprint density at radius 3 is 2.33 bits per heavy atom. The molecule has 2 heterocycles. The summed E-state index contributed by atoms with van der Waals surface area (Å²) in [5.41, 5.74) is 2.34. The van der Waals surface area contributed by atoms with Gasteiger partial charge in [-0.05, 0) is 25.0 Å². The van der Waals surface area contributed by atoms with Crippen molar-refractivity contribution in [2.75, 3.05) is 50.9 Å². The zero-order chi connectivity index (χ0) is 21.3. The molecule has 2 unspecified atom stereocenters. The van der Waals surface area contributed by atoms with Crippen LogP contribution in [0.4, 0.5) is 0 Å². The number of carbonyl (C=O) groups excluding carboxylic acids is 2. The first-order valence-electron chi connectivity index (χ1n) is 10.6. The molecule has 1 N–H and O–H groups in total. The summed E-state index contributed by atoms with van der Waals surface area (Å²) in [4.78, 5) is 28.4. The third-order valence-corrected chi connectivity index (χ3v) is 6.15. The van der Waals surface area contributed by atoms with Crippen molar-refractivity contribution in [3.05, 3.63) is 35.4 Å². The minimum atomic E-state index is -0.0462. The van der Waals surface area contributed by atoms with E-state index in [9.17, 15) is 9.59 Å². The molecule has 0 saturated carbocycles. The first kappa shape index (κ1) is 23.1. The molecule has 3 rings (SSSR count). The Balaban J connectivity index is 1.33. The van der Waals surface area contributed by atoms with Crippen molar-refractivity contribution in [2.24, 2.45) is 0 Å². The Kier molecular flexibility index (Phi) is 8.99. The molecule has 2 aliphatic heterocycles. The van der Waals surface area contributed by atoms with Crippen LogP contribution in [0.15, 0.2) is 24.3 Å². The molecule has 0 aliphatic carbocycles. The van der Waals surface area contributed by atoms with Crippen molar-refractivity contribution < 1.29 is 19.1 Å². The Hall–Kier alpha value is -1.61. The number of ether oxygens (including phenoxy) is 2. The number of carbonyl (C=O) groups is 2. The van der Waals surface area contributed by atoms with Gasteiger partial charge in [0, 0.05) is 39.3 Å². The Labute approximate surface area is 183 Å². The summed E-state index contributed by atoms with van der Waals surface area (Å²) in [5, 5.41) is 2.93. The SMILES string of the molecule is CC1CN(Cc2ccc(CNC(=O)CSCC(=O)N3CCOCC3)cc2)CC(C)O1. The highest BCUT2D eigenvalue weighted by molar-refractivity contribution is 8.00. The van der Waals surface area contributed by atoms with E-state index in [4.69, 9.17) is 9.47 Å². The van der Waals surface area contributed by atoms with Crippen molar-refractivity contribution >= 4 is 23.6 Å². The number of thioether (sulfide) groups is 1. The van der Waals surface area contributed by atoms with Gasteiger partial charge in [0.2, 0.25) is 11.8 Å². The predicted octanol–water partition coefficient (Wildman–Crippen LogP) is 1.50. The van der Waals surface area contributed by atoms with Gasteiger partial charge in [-0.15, -0.1) is 11.8 Å². The molecule has 2 atom stereocenters. The van der Waals surface area contributed by atoms with Crippen molar-refractivity contribution in [1.29, 1.82) is 0 Å². The van der Waals surface area contributed by atoms with Gasteiger partial charge in [-0.25, -0.2) is 0 Å². The van der Waals surface area contributed by atoms with E-state index in [-0.39, 0.29) is 24.0 Å². The number of nitrogens with zero attached hydrogens (tertiary/aromatic N) is 2. The van der Waals surface area contributed by atoms with Gasteiger partial charge in [0.05, 0.1) is 36.9 Å². The van der Waals surface area contributed by atoms with E-state index in [1.165, 1.54) is 17.3 Å². The fourth-order valence-electron chi connectivity index (χ4n) is 3.82. The highest BCUT2D eigenvalue weighted by atomic mass is 32.2. The number of amides is 2. The van der Waals surface area contributed by atoms with Crippen LogP contribution in [0.3, 0.4) is 0 Å². The lowest BCUT2D eigenvalue weighted by atomic mass is 10.1. The average molecular weight is 436 g/mol. The number of benzene rings is 1. The van der Waals surface area contributed by atoms with E-state index in [0.29, 0.717) is 44.4 Å². The number of rotatable bonds is 8. The molecule has 2 saturated heterocycles. The van der Waals surface area contributed by atoms with Gasteiger partial charge >= 0.3 is 0 Å². The monoisotopic (exact) mass is 435 g/mol. The Bertz CT molecular complexity index is 684. The molecule has 30 heavy (non-hydrogen) atoms. The number of nitrogens with one attached hydrogen (secondary N) is 1. The highest BCUT2D eigenvalue weighted by Crippen LogP contribution is 2.15. The van der Waals surface area contributed by atoms with Crippen LogP contribution in [0.1, 0.15) is 25.0 Å². The van der Waals surface area contributed by atoms with Gasteiger partial charge in [0.25, 0.3) is 0 Å². The lowest BCUT2D eigenvalue weighted by molar-refractivity contribution is -0.132. The van der Waals surface area contributed by atoms with Gasteiger partial charge in [0.15, 0.2) is 0 Å². The lowest BCUT2D eigenvalue weighted by Crippen LogP contribution is -2.44. The molecule has 0 spiro atoms. The minimum absolute atomic E-state index is 0.0462. The van der Waals surface area contributed by atoms with E-state index in [1.807, 2.05) is 0 Å². The minimum Gasteiger partial charge on any atom is -0.378 e. The molecule has 166 valence electrons. The summed E-state index contributed by atoms with van der Waals surface area (Å²) in [7, 11) is 0. The number of morpholine rings is 2. The first-order valence-corrected chi connectivity index (χ1v) is 11.8. The normalized spacial score (nSPS) is 22.7. The van der Waals surface area contributed by atoms with Crippen LogP contribution in [0.5, 0.6) is 0 Å². The molecular formula is C22H33N3O4S. The van der Waals surface area contributed by atoms with Crippen LogP contribution in [0.2, 0.25) is 0 Å². The summed E-state index contributed by atoms with van der Waals surface area (Å²) >= 11 is 1.36. The van der Waals surface area contributed by atoms with E-state index in [0.717, 1.165) is 25.2 Å². The summed E-state index contributed by atoms with van der Waals surface area (Å²) in [6.45, 7) is 10.0. The van der Waals surface area contributed by atoms with Crippen LogP contribution in [-0.4, -0.2) is 84.7 Å². The zero-order valence-electron chi connectivity index (χ0n) is 18.0. The summed E-state index contributed by atoms with van der Waals surface area (Å²) in [6.07, 6.45) is 0.538. The molecule has 2 fully saturated rings. The summed E-state index contributed by atoms with van der Waals surface area (Å²) in [6, 6.07) is 8.39. The maximum Gasteiger partial charge on any atom is 0.232 e. The molecular weight excluding hydrogens is 402 g/mol. The van der Waals surface area contributed by atoms with E-state index in [2.05, 4.69) is 48.3 Å². The first-order chi connectivity index (χ1) is 14.5. The topological polar surface area (TPSA) is 71.1 Å². The molecule has 8 heteroatoms. The Morgan fingerprint density at radius 1 is 1.03 bits per heavy atom. The molecule has 2 aliphatic rings. The predicted molar refractivity (Wildman–Crippen MR) is 118 cm³/mol. The largest absolute Gasteiger partial charge is 0.378 e. The van der Waals surface area contributed by atoms with E-state index >= 15 is 0 Å². The van der Waals surface area contributed by atoms with Crippen LogP contribution in [-0.2, 0) is 32.2 Å². The average Bonchev–Trinajstić information content (AvgIpc) is 2.73. The van der Waals surface area contributed by atoms with Gasteiger partial charge < -0.3 is 19.7 Å². The highest BCUT2D eigenvalue weighted by Gasteiger charge is 2.22. The molecule has 7 nitrogen and oxygen atoms in total. The van der Waals surface area contributed by atoms with E-state index < -0.39 is 0 Å². The molecule has 1 aromatic carbocycles. The molecule has 0 aromatic heterocycles. The van der Waals surface area contributed by atoms with E-state index in [1.54, 1.807) is 4.90 Å². The maximum atomic E-state index is 12.1. The van der Waals surface area contributed by atoms with Gasteiger partial charge in [0.1, 0.15) is 0 Å². The van der Waals surface area contributed by atoms with Crippen molar-refractivity contribution in [1.82, 2.24) is 15.1 Å². The number of hydrogen-bond acceptors (Lipinski definition) is 6. The van der Waals surface area contributed by atoms with Crippen molar-refractivity contribution in [3.8, 4) is 0 Å². The lowest BCUT2D eigenvalue weighted by Gasteiger charge is -2.35. The Morgan fingerprint density at radius 2 is 1.67 bits per heavy atom. The second-order valence-electron chi connectivity index (χ2n) is 8.03. The second kappa shape index (κ2) is 11.7. The molecule has 2 amide bonds. The van der Waals surface area contributed by atoms with Gasteiger partial charge in [-0.1, -0.05) is 24.3 Å². The third kappa shape index (κ3) is 7.58. The maximum absolute atomic E-state index is 12.1. The molecule has 0 bridgehead atoms. The zero-order valence-corrected chi connectivity index (χ0v) is 18.8. The fraction of sp³-hybridized carbons (Fsp3) is 0.636. The smallest absolute Gasteiger partial charge is 0.232 e. The third-order valence-electron chi connectivity index (χ3n) is 5.24. The standard InChI is InChI=1S/C22H33N3O4S/c1-17-12-24(13-18(2)29-17)14-20-5-3-19(4-6-20)11-23-21(26)15-30-16-22(27)25-7-9-28-10-8-25/h3-6,17-18H,7-16H2,1-2H3,(H,23,26).